The summed E-state index contributed by atoms with van der Waals surface area (Å²) in [7, 11) is 1.07. The van der Waals surface area contributed by atoms with Crippen molar-refractivity contribution in [2.75, 3.05) is 20.3 Å². The monoisotopic (exact) mass is 366 g/mol. The summed E-state index contributed by atoms with van der Waals surface area (Å²) >= 11 is 0. The number of pyridine rings is 1. The molecule has 0 bridgehead atoms. The Balaban J connectivity index is 1.72. The molecule has 1 N–H and O–H groups in total. The average Bonchev–Trinajstić information content (AvgIpc) is 2.58. The summed E-state index contributed by atoms with van der Waals surface area (Å²) in [6.45, 7) is 1.59. The third kappa shape index (κ3) is 4.74. The van der Waals surface area contributed by atoms with E-state index >= 15 is 0 Å². The van der Waals surface area contributed by atoms with Gasteiger partial charge >= 0.3 is 6.18 Å². The Hall–Kier alpha value is -2.12. The highest BCUT2D eigenvalue weighted by molar-refractivity contribution is 5.64. The molecule has 2 heterocycles. The first-order valence-electron chi connectivity index (χ1n) is 8.46. The summed E-state index contributed by atoms with van der Waals surface area (Å²) in [6.07, 6.45) is -2.04. The van der Waals surface area contributed by atoms with Crippen LogP contribution >= 0.6 is 0 Å². The van der Waals surface area contributed by atoms with Crippen LogP contribution in [0.3, 0.4) is 0 Å². The van der Waals surface area contributed by atoms with Gasteiger partial charge in [0.2, 0.25) is 0 Å². The summed E-state index contributed by atoms with van der Waals surface area (Å²) in [6, 6.07) is 9.19. The van der Waals surface area contributed by atoms with Gasteiger partial charge in [-0.05, 0) is 30.2 Å². The molecule has 7 heteroatoms. The van der Waals surface area contributed by atoms with E-state index in [9.17, 15) is 13.2 Å². The van der Waals surface area contributed by atoms with E-state index < -0.39 is 12.3 Å². The van der Waals surface area contributed by atoms with Crippen molar-refractivity contribution in [3.8, 4) is 16.9 Å². The van der Waals surface area contributed by atoms with Gasteiger partial charge in [-0.1, -0.05) is 24.3 Å². The fraction of sp³-hybridized carbons (Fsp3) is 0.421. The quantitative estimate of drug-likeness (QED) is 0.813. The third-order valence-corrected chi connectivity index (χ3v) is 4.42. The second-order valence-electron chi connectivity index (χ2n) is 6.33. The van der Waals surface area contributed by atoms with Gasteiger partial charge in [0.15, 0.2) is 6.10 Å². The summed E-state index contributed by atoms with van der Waals surface area (Å²) in [5.74, 6) is 0.645. The second-order valence-corrected chi connectivity index (χ2v) is 6.33. The van der Waals surface area contributed by atoms with Gasteiger partial charge in [0.25, 0.3) is 0 Å². The number of nitrogens with one attached hydrogen (secondary N) is 1. The van der Waals surface area contributed by atoms with E-state index in [1.165, 1.54) is 0 Å². The van der Waals surface area contributed by atoms with E-state index in [2.05, 4.69) is 15.0 Å². The lowest BCUT2D eigenvalue weighted by Crippen LogP contribution is -2.46. The van der Waals surface area contributed by atoms with Gasteiger partial charge in [0, 0.05) is 31.3 Å². The highest BCUT2D eigenvalue weighted by atomic mass is 19.4. The van der Waals surface area contributed by atoms with Gasteiger partial charge in [-0.25, -0.2) is 0 Å². The maximum absolute atomic E-state index is 12.9. The first kappa shape index (κ1) is 18.7. The Morgan fingerprint density at radius 1 is 1.23 bits per heavy atom. The van der Waals surface area contributed by atoms with Crippen LogP contribution in [0, 0.1) is 0 Å². The predicted molar refractivity (Wildman–Crippen MR) is 92.1 cm³/mol. The predicted octanol–water partition coefficient (Wildman–Crippen LogP) is 3.61. The Morgan fingerprint density at radius 2 is 2.04 bits per heavy atom. The van der Waals surface area contributed by atoms with Crippen molar-refractivity contribution in [2.45, 2.75) is 31.2 Å². The Labute approximate surface area is 150 Å². The van der Waals surface area contributed by atoms with Crippen LogP contribution in [0.5, 0.6) is 5.75 Å². The number of nitrogens with zero attached hydrogens (tertiary/aromatic N) is 1. The van der Waals surface area contributed by atoms with Crippen molar-refractivity contribution in [1.82, 2.24) is 10.3 Å². The molecule has 3 rings (SSSR count). The highest BCUT2D eigenvalue weighted by Gasteiger charge is 2.39. The number of ether oxygens (including phenoxy) is 2. The number of aromatic nitrogens is 1. The number of hydrogen-bond acceptors (Lipinski definition) is 4. The first-order chi connectivity index (χ1) is 12.5. The molecule has 1 aromatic heterocycles. The van der Waals surface area contributed by atoms with Crippen molar-refractivity contribution >= 4 is 0 Å². The van der Waals surface area contributed by atoms with E-state index in [-0.39, 0.29) is 6.42 Å². The van der Waals surface area contributed by atoms with Crippen molar-refractivity contribution in [3.63, 3.8) is 0 Å². The molecule has 1 fully saturated rings. The summed E-state index contributed by atoms with van der Waals surface area (Å²) in [4.78, 5) is 4.18. The fourth-order valence-electron chi connectivity index (χ4n) is 2.77. The van der Waals surface area contributed by atoms with Crippen molar-refractivity contribution in [3.05, 3.63) is 48.3 Å². The van der Waals surface area contributed by atoms with Gasteiger partial charge in [0.05, 0.1) is 6.20 Å². The maximum Gasteiger partial charge on any atom is 0.414 e. The standard InChI is InChI=1S/C19H21F3N2O2/c1-25-18(19(20,21)22)8-13-3-2-4-14(7-13)15-9-17(11-23-10-15)26-12-16-5-6-24-16/h2-4,7,9-11,16,18,24H,5-6,8,12H2,1H3/t16-,18-/m0/s1. The smallest absolute Gasteiger partial charge is 0.414 e. The Bertz CT molecular complexity index is 733. The van der Waals surface area contributed by atoms with Gasteiger partial charge in [-0.15, -0.1) is 0 Å². The molecule has 0 amide bonds. The van der Waals surface area contributed by atoms with Gasteiger partial charge in [0.1, 0.15) is 12.4 Å². The summed E-state index contributed by atoms with van der Waals surface area (Å²) in [5.41, 5.74) is 2.14. The maximum atomic E-state index is 12.9. The molecule has 140 valence electrons. The molecule has 0 aliphatic carbocycles. The number of methoxy groups -OCH3 is 1. The molecular formula is C19H21F3N2O2. The van der Waals surface area contributed by atoms with E-state index in [4.69, 9.17) is 4.74 Å². The summed E-state index contributed by atoms with van der Waals surface area (Å²) in [5, 5.41) is 3.26. The number of benzene rings is 1. The van der Waals surface area contributed by atoms with Crippen LogP contribution in [0.2, 0.25) is 0 Å². The molecule has 0 saturated carbocycles. The van der Waals surface area contributed by atoms with Crippen molar-refractivity contribution in [2.24, 2.45) is 0 Å². The molecular weight excluding hydrogens is 345 g/mol. The highest BCUT2D eigenvalue weighted by Crippen LogP contribution is 2.28. The molecule has 2 aromatic rings. The molecule has 1 aromatic carbocycles. The zero-order chi connectivity index (χ0) is 18.6. The Morgan fingerprint density at radius 3 is 2.69 bits per heavy atom. The van der Waals surface area contributed by atoms with Gasteiger partial charge in [-0.2, -0.15) is 13.2 Å². The van der Waals surface area contributed by atoms with Crippen LogP contribution in [0.25, 0.3) is 11.1 Å². The molecule has 1 aliphatic rings. The van der Waals surface area contributed by atoms with Gasteiger partial charge < -0.3 is 14.8 Å². The molecule has 4 nitrogen and oxygen atoms in total. The minimum absolute atomic E-state index is 0.231. The normalized spacial score (nSPS) is 18.2. The van der Waals surface area contributed by atoms with Crippen molar-refractivity contribution in [1.29, 1.82) is 0 Å². The summed E-state index contributed by atoms with van der Waals surface area (Å²) < 4.78 is 49.1. The lowest BCUT2D eigenvalue weighted by Gasteiger charge is -2.27. The first-order valence-corrected chi connectivity index (χ1v) is 8.46. The molecule has 26 heavy (non-hydrogen) atoms. The average molecular weight is 366 g/mol. The molecule has 1 saturated heterocycles. The van der Waals surface area contributed by atoms with Crippen LogP contribution < -0.4 is 10.1 Å². The second kappa shape index (κ2) is 8.05. The molecule has 2 atom stereocenters. The third-order valence-electron chi connectivity index (χ3n) is 4.42. The fourth-order valence-corrected chi connectivity index (χ4v) is 2.77. The van der Waals surface area contributed by atoms with Crippen LogP contribution in [0.1, 0.15) is 12.0 Å². The zero-order valence-electron chi connectivity index (χ0n) is 14.4. The van der Waals surface area contributed by atoms with Crippen LogP contribution in [0.4, 0.5) is 13.2 Å². The van der Waals surface area contributed by atoms with E-state index in [0.29, 0.717) is 24.0 Å². The number of alkyl halides is 3. The lowest BCUT2D eigenvalue weighted by atomic mass is 10.0. The van der Waals surface area contributed by atoms with Crippen LogP contribution in [-0.4, -0.2) is 43.6 Å². The molecule has 0 radical (unpaired) electrons. The lowest BCUT2D eigenvalue weighted by molar-refractivity contribution is -0.212. The molecule has 0 spiro atoms. The van der Waals surface area contributed by atoms with E-state index in [1.54, 1.807) is 30.6 Å². The number of hydrogen-bond donors (Lipinski definition) is 1. The molecule has 1 aliphatic heterocycles. The topological polar surface area (TPSA) is 43.4 Å². The number of halogens is 3. The van der Waals surface area contributed by atoms with Crippen LogP contribution in [0.15, 0.2) is 42.7 Å². The SMILES string of the molecule is CO[C@@H](Cc1cccc(-c2cncc(OC[C@@H]3CCN3)c2)c1)C(F)(F)F. The van der Waals surface area contributed by atoms with Gasteiger partial charge in [-0.3, -0.25) is 4.98 Å². The minimum Gasteiger partial charge on any atom is -0.490 e. The van der Waals surface area contributed by atoms with Crippen molar-refractivity contribution < 1.29 is 22.6 Å². The molecule has 0 unspecified atom stereocenters. The van der Waals surface area contributed by atoms with E-state index in [1.807, 2.05) is 12.1 Å². The zero-order valence-corrected chi connectivity index (χ0v) is 14.4. The van der Waals surface area contributed by atoms with E-state index in [0.717, 1.165) is 31.2 Å². The number of rotatable bonds is 7. The largest absolute Gasteiger partial charge is 0.490 e. The van der Waals surface area contributed by atoms with Crippen LogP contribution in [-0.2, 0) is 11.2 Å². The minimum atomic E-state index is -4.39. The Kier molecular flexibility index (Phi) is 5.78.